The number of benzene rings is 1. The van der Waals surface area contributed by atoms with E-state index in [9.17, 15) is 9.50 Å². The predicted octanol–water partition coefficient (Wildman–Crippen LogP) is 3.06. The van der Waals surface area contributed by atoms with Gasteiger partial charge in [-0.2, -0.15) is 0 Å². The van der Waals surface area contributed by atoms with Crippen LogP contribution >= 0.6 is 15.9 Å². The third-order valence-electron chi connectivity index (χ3n) is 3.37. The van der Waals surface area contributed by atoms with Crippen molar-refractivity contribution in [2.75, 3.05) is 6.61 Å². The van der Waals surface area contributed by atoms with Crippen molar-refractivity contribution < 1.29 is 14.2 Å². The Labute approximate surface area is 109 Å². The van der Waals surface area contributed by atoms with Crippen molar-refractivity contribution in [1.29, 1.82) is 0 Å². The van der Waals surface area contributed by atoms with Crippen LogP contribution in [0.3, 0.4) is 0 Å². The van der Waals surface area contributed by atoms with Crippen molar-refractivity contribution >= 4 is 15.9 Å². The molecule has 1 N–H and O–H groups in total. The van der Waals surface area contributed by atoms with Crippen molar-refractivity contribution in [3.8, 4) is 0 Å². The number of ether oxygens (including phenoxy) is 1. The van der Waals surface area contributed by atoms with Crippen molar-refractivity contribution in [3.05, 3.63) is 34.1 Å². The molecule has 1 aliphatic rings. The SMILES string of the molecule is CC1(C(O)Cc2ccc(F)c(Br)c2)CCCO1. The molecule has 1 aromatic carbocycles. The van der Waals surface area contributed by atoms with E-state index in [0.29, 0.717) is 17.5 Å². The second kappa shape index (κ2) is 5.04. The molecular weight excluding hydrogens is 287 g/mol. The van der Waals surface area contributed by atoms with Gasteiger partial charge in [-0.05, 0) is 53.4 Å². The number of halogens is 2. The third kappa shape index (κ3) is 2.87. The van der Waals surface area contributed by atoms with E-state index in [-0.39, 0.29) is 5.82 Å². The quantitative estimate of drug-likeness (QED) is 0.930. The van der Waals surface area contributed by atoms with Crippen molar-refractivity contribution in [3.63, 3.8) is 0 Å². The second-order valence-corrected chi connectivity index (χ2v) is 5.59. The molecule has 0 aliphatic carbocycles. The Hall–Kier alpha value is -0.450. The summed E-state index contributed by atoms with van der Waals surface area (Å²) < 4.78 is 19.1. The third-order valence-corrected chi connectivity index (χ3v) is 3.97. The number of hydrogen-bond acceptors (Lipinski definition) is 2. The van der Waals surface area contributed by atoms with Crippen LogP contribution in [0.2, 0.25) is 0 Å². The van der Waals surface area contributed by atoms with E-state index in [1.54, 1.807) is 12.1 Å². The average molecular weight is 303 g/mol. The highest BCUT2D eigenvalue weighted by atomic mass is 79.9. The van der Waals surface area contributed by atoms with E-state index < -0.39 is 11.7 Å². The Kier molecular flexibility index (Phi) is 3.85. The van der Waals surface area contributed by atoms with Crippen LogP contribution in [0.25, 0.3) is 0 Å². The highest BCUT2D eigenvalue weighted by Crippen LogP contribution is 2.30. The van der Waals surface area contributed by atoms with Crippen molar-refractivity contribution in [1.82, 2.24) is 0 Å². The highest BCUT2D eigenvalue weighted by molar-refractivity contribution is 9.10. The Balaban J connectivity index is 2.07. The van der Waals surface area contributed by atoms with Gasteiger partial charge in [0, 0.05) is 13.0 Å². The lowest BCUT2D eigenvalue weighted by molar-refractivity contribution is -0.0768. The molecule has 0 aromatic heterocycles. The lowest BCUT2D eigenvalue weighted by Crippen LogP contribution is -2.40. The van der Waals surface area contributed by atoms with Crippen LogP contribution in [0.15, 0.2) is 22.7 Å². The number of aliphatic hydroxyl groups is 1. The maximum Gasteiger partial charge on any atom is 0.137 e. The first-order chi connectivity index (χ1) is 8.01. The number of rotatable bonds is 3. The summed E-state index contributed by atoms with van der Waals surface area (Å²) in [5.41, 5.74) is 0.448. The zero-order valence-corrected chi connectivity index (χ0v) is 11.3. The van der Waals surface area contributed by atoms with E-state index in [1.807, 2.05) is 6.92 Å². The highest BCUT2D eigenvalue weighted by Gasteiger charge is 2.37. The molecule has 2 rings (SSSR count). The van der Waals surface area contributed by atoms with Gasteiger partial charge >= 0.3 is 0 Å². The summed E-state index contributed by atoms with van der Waals surface area (Å²) in [7, 11) is 0. The summed E-state index contributed by atoms with van der Waals surface area (Å²) in [5.74, 6) is -0.286. The van der Waals surface area contributed by atoms with Crippen LogP contribution < -0.4 is 0 Å². The zero-order valence-electron chi connectivity index (χ0n) is 9.75. The second-order valence-electron chi connectivity index (χ2n) is 4.73. The minimum absolute atomic E-state index is 0.286. The van der Waals surface area contributed by atoms with E-state index in [1.165, 1.54) is 6.07 Å². The van der Waals surface area contributed by atoms with E-state index >= 15 is 0 Å². The van der Waals surface area contributed by atoms with Crippen LogP contribution in [0, 0.1) is 5.82 Å². The van der Waals surface area contributed by atoms with E-state index in [4.69, 9.17) is 4.74 Å². The molecule has 0 saturated carbocycles. The molecule has 0 bridgehead atoms. The first-order valence-corrected chi connectivity index (χ1v) is 6.56. The number of hydrogen-bond donors (Lipinski definition) is 1. The van der Waals surface area contributed by atoms with Gasteiger partial charge in [-0.25, -0.2) is 4.39 Å². The van der Waals surface area contributed by atoms with Crippen LogP contribution in [0.4, 0.5) is 4.39 Å². The number of aliphatic hydroxyl groups excluding tert-OH is 1. The maximum atomic E-state index is 13.1. The minimum Gasteiger partial charge on any atom is -0.390 e. The van der Waals surface area contributed by atoms with Gasteiger partial charge in [0.15, 0.2) is 0 Å². The summed E-state index contributed by atoms with van der Waals surface area (Å²) >= 11 is 3.15. The van der Waals surface area contributed by atoms with Crippen molar-refractivity contribution in [2.24, 2.45) is 0 Å². The molecule has 2 unspecified atom stereocenters. The lowest BCUT2D eigenvalue weighted by Gasteiger charge is -2.29. The first kappa shape index (κ1) is 13.0. The van der Waals surface area contributed by atoms with E-state index in [0.717, 1.165) is 18.4 Å². The summed E-state index contributed by atoms with van der Waals surface area (Å²) in [6.07, 6.45) is 1.79. The smallest absolute Gasteiger partial charge is 0.137 e. The van der Waals surface area contributed by atoms with Gasteiger partial charge in [-0.1, -0.05) is 6.07 Å². The lowest BCUT2D eigenvalue weighted by atomic mass is 9.91. The Morgan fingerprint density at radius 1 is 1.59 bits per heavy atom. The molecule has 1 heterocycles. The van der Waals surface area contributed by atoms with Crippen LogP contribution in [-0.2, 0) is 11.2 Å². The fraction of sp³-hybridized carbons (Fsp3) is 0.538. The van der Waals surface area contributed by atoms with Crippen LogP contribution in [-0.4, -0.2) is 23.4 Å². The molecular formula is C13H16BrFO2. The standard InChI is InChI=1S/C13H16BrFO2/c1-13(5-2-6-17-13)12(16)8-9-3-4-11(15)10(14)7-9/h3-4,7,12,16H,2,5-6,8H2,1H3. The van der Waals surface area contributed by atoms with Gasteiger partial charge in [-0.3, -0.25) is 0 Å². The summed E-state index contributed by atoms with van der Waals surface area (Å²) in [5, 5.41) is 10.2. The normalized spacial score (nSPS) is 26.1. The fourth-order valence-electron chi connectivity index (χ4n) is 2.17. The maximum absolute atomic E-state index is 13.1. The molecule has 1 fully saturated rings. The van der Waals surface area contributed by atoms with E-state index in [2.05, 4.69) is 15.9 Å². The van der Waals surface area contributed by atoms with Gasteiger partial charge in [0.2, 0.25) is 0 Å². The monoisotopic (exact) mass is 302 g/mol. The first-order valence-electron chi connectivity index (χ1n) is 5.77. The Morgan fingerprint density at radius 3 is 2.94 bits per heavy atom. The molecule has 2 atom stereocenters. The predicted molar refractivity (Wildman–Crippen MR) is 67.4 cm³/mol. The van der Waals surface area contributed by atoms with Gasteiger partial charge in [-0.15, -0.1) is 0 Å². The molecule has 0 spiro atoms. The molecule has 0 radical (unpaired) electrons. The fourth-order valence-corrected chi connectivity index (χ4v) is 2.60. The summed E-state index contributed by atoms with van der Waals surface area (Å²) in [6, 6.07) is 4.81. The van der Waals surface area contributed by atoms with Crippen LogP contribution in [0.1, 0.15) is 25.3 Å². The summed E-state index contributed by atoms with van der Waals surface area (Å²) in [4.78, 5) is 0. The summed E-state index contributed by atoms with van der Waals surface area (Å²) in [6.45, 7) is 2.64. The molecule has 2 nitrogen and oxygen atoms in total. The molecule has 94 valence electrons. The van der Waals surface area contributed by atoms with Crippen LogP contribution in [0.5, 0.6) is 0 Å². The molecule has 1 aromatic rings. The Bertz CT molecular complexity index is 402. The van der Waals surface area contributed by atoms with Gasteiger partial charge in [0.25, 0.3) is 0 Å². The zero-order chi connectivity index (χ0) is 12.5. The average Bonchev–Trinajstić information content (AvgIpc) is 2.72. The van der Waals surface area contributed by atoms with Gasteiger partial charge < -0.3 is 9.84 Å². The van der Waals surface area contributed by atoms with Gasteiger partial charge in [0.1, 0.15) is 5.82 Å². The molecule has 4 heteroatoms. The van der Waals surface area contributed by atoms with Crippen molar-refractivity contribution in [2.45, 2.75) is 37.9 Å². The Morgan fingerprint density at radius 2 is 2.35 bits per heavy atom. The molecule has 17 heavy (non-hydrogen) atoms. The minimum atomic E-state index is -0.553. The molecule has 0 amide bonds. The largest absolute Gasteiger partial charge is 0.390 e. The molecule has 1 saturated heterocycles. The van der Waals surface area contributed by atoms with Gasteiger partial charge in [0.05, 0.1) is 16.2 Å². The molecule has 1 aliphatic heterocycles. The topological polar surface area (TPSA) is 29.5 Å².